The van der Waals surface area contributed by atoms with Crippen LogP contribution in [0.15, 0.2) is 52.4 Å². The molecule has 2 aromatic heterocycles. The number of carbonyl (C=O) groups excluding carboxylic acids is 1. The molecule has 3 heterocycles. The van der Waals surface area contributed by atoms with Crippen molar-refractivity contribution in [2.24, 2.45) is 0 Å². The van der Waals surface area contributed by atoms with Crippen molar-refractivity contribution in [3.05, 3.63) is 64.1 Å². The van der Waals surface area contributed by atoms with Crippen molar-refractivity contribution in [2.45, 2.75) is 19.0 Å². The lowest BCUT2D eigenvalue weighted by atomic mass is 10.1. The molecule has 1 saturated heterocycles. The highest BCUT2D eigenvalue weighted by Crippen LogP contribution is 2.27. The average molecular weight is 437 g/mol. The number of hydrogen-bond acceptors (Lipinski definition) is 6. The Morgan fingerprint density at radius 1 is 1.29 bits per heavy atom. The molecule has 0 N–H and O–H groups in total. The summed E-state index contributed by atoms with van der Waals surface area (Å²) in [5.74, 6) is 0.194. The number of aromatic nitrogens is 1. The molecule has 1 amide bonds. The van der Waals surface area contributed by atoms with Crippen LogP contribution in [0.2, 0.25) is 5.02 Å². The van der Waals surface area contributed by atoms with Crippen LogP contribution in [-0.2, 0) is 16.4 Å². The van der Waals surface area contributed by atoms with E-state index in [-0.39, 0.29) is 29.7 Å². The maximum atomic E-state index is 13.2. The molecule has 1 aromatic carbocycles. The number of thiophene rings is 1. The molecule has 1 atom stereocenters. The molecule has 1 fully saturated rings. The molecule has 4 rings (SSSR count). The normalized spacial score (nSPS) is 18.2. The Bertz CT molecular complexity index is 1090. The van der Waals surface area contributed by atoms with E-state index >= 15 is 0 Å². The van der Waals surface area contributed by atoms with E-state index in [0.717, 1.165) is 10.4 Å². The van der Waals surface area contributed by atoms with E-state index in [9.17, 15) is 13.2 Å². The summed E-state index contributed by atoms with van der Waals surface area (Å²) in [4.78, 5) is 15.6. The fourth-order valence-corrected chi connectivity index (χ4v) is 5.89. The first-order valence-electron chi connectivity index (χ1n) is 8.68. The summed E-state index contributed by atoms with van der Waals surface area (Å²) in [6.07, 6.45) is 0.407. The summed E-state index contributed by atoms with van der Waals surface area (Å²) in [6.45, 7) is 0.251. The van der Waals surface area contributed by atoms with Crippen molar-refractivity contribution in [1.82, 2.24) is 10.1 Å². The third kappa shape index (κ3) is 4.14. The molecule has 0 spiro atoms. The fraction of sp³-hybridized carbons (Fsp3) is 0.263. The van der Waals surface area contributed by atoms with Gasteiger partial charge in [0.1, 0.15) is 0 Å². The molecular formula is C19H17ClN2O4S2. The third-order valence-electron chi connectivity index (χ3n) is 4.65. The van der Waals surface area contributed by atoms with Crippen LogP contribution in [0.3, 0.4) is 0 Å². The standard InChI is InChI=1S/C19H17ClN2O4S2/c20-14-4-1-3-13(9-14)11-22(15-6-8-28(24,25)12-15)19(23)16-10-17(26-21-16)18-5-2-7-27-18/h1-5,7,9-10,15H,6,8,11-12H2/t15-/m1/s1. The second-order valence-corrected chi connectivity index (χ2v) is 10.3. The Hall–Kier alpha value is -2.16. The van der Waals surface area contributed by atoms with E-state index in [2.05, 4.69) is 5.16 Å². The first kappa shape index (κ1) is 19.2. The highest BCUT2D eigenvalue weighted by atomic mass is 35.5. The van der Waals surface area contributed by atoms with Gasteiger partial charge < -0.3 is 9.42 Å². The van der Waals surface area contributed by atoms with Crippen LogP contribution in [0.5, 0.6) is 0 Å². The number of sulfone groups is 1. The minimum Gasteiger partial charge on any atom is -0.355 e. The summed E-state index contributed by atoms with van der Waals surface area (Å²) < 4.78 is 29.3. The zero-order chi connectivity index (χ0) is 19.7. The highest BCUT2D eigenvalue weighted by Gasteiger charge is 2.36. The molecule has 1 aliphatic rings. The molecule has 3 aromatic rings. The topological polar surface area (TPSA) is 80.5 Å². The van der Waals surface area contributed by atoms with Gasteiger partial charge >= 0.3 is 0 Å². The monoisotopic (exact) mass is 436 g/mol. The Morgan fingerprint density at radius 2 is 2.14 bits per heavy atom. The number of hydrogen-bond donors (Lipinski definition) is 0. The van der Waals surface area contributed by atoms with Crippen molar-refractivity contribution >= 4 is 38.7 Å². The summed E-state index contributed by atoms with van der Waals surface area (Å²) in [6, 6.07) is 12.1. The molecular weight excluding hydrogens is 420 g/mol. The van der Waals surface area contributed by atoms with Gasteiger partial charge in [-0.3, -0.25) is 4.79 Å². The lowest BCUT2D eigenvalue weighted by Crippen LogP contribution is -2.40. The van der Waals surface area contributed by atoms with Gasteiger partial charge in [-0.05, 0) is 35.6 Å². The predicted molar refractivity (Wildman–Crippen MR) is 108 cm³/mol. The van der Waals surface area contributed by atoms with Gasteiger partial charge in [0, 0.05) is 23.7 Å². The van der Waals surface area contributed by atoms with Crippen molar-refractivity contribution in [1.29, 1.82) is 0 Å². The van der Waals surface area contributed by atoms with Gasteiger partial charge in [-0.25, -0.2) is 8.42 Å². The fourth-order valence-electron chi connectivity index (χ4n) is 3.28. The van der Waals surface area contributed by atoms with Gasteiger partial charge in [0.25, 0.3) is 5.91 Å². The second kappa shape index (κ2) is 7.69. The Labute approximate surface area is 171 Å². The van der Waals surface area contributed by atoms with Gasteiger partial charge in [0.2, 0.25) is 0 Å². The first-order valence-corrected chi connectivity index (χ1v) is 11.8. The number of carbonyl (C=O) groups is 1. The number of halogens is 1. The SMILES string of the molecule is O=C(c1cc(-c2cccs2)on1)N(Cc1cccc(Cl)c1)[C@@H]1CCS(=O)(=O)C1. The average Bonchev–Trinajstić information content (AvgIpc) is 3.39. The minimum atomic E-state index is -3.15. The molecule has 28 heavy (non-hydrogen) atoms. The van der Waals surface area contributed by atoms with Crippen molar-refractivity contribution in [3.8, 4) is 10.6 Å². The van der Waals surface area contributed by atoms with E-state index < -0.39 is 15.9 Å². The summed E-state index contributed by atoms with van der Waals surface area (Å²) in [5.41, 5.74) is 0.988. The molecule has 9 heteroatoms. The van der Waals surface area contributed by atoms with Crippen LogP contribution in [-0.4, -0.2) is 41.9 Å². The third-order valence-corrected chi connectivity index (χ3v) is 7.52. The molecule has 146 valence electrons. The molecule has 0 unspecified atom stereocenters. The van der Waals surface area contributed by atoms with E-state index in [0.29, 0.717) is 17.2 Å². The highest BCUT2D eigenvalue weighted by molar-refractivity contribution is 7.91. The molecule has 0 aliphatic carbocycles. The van der Waals surface area contributed by atoms with E-state index in [4.69, 9.17) is 16.1 Å². The predicted octanol–water partition coefficient (Wildman–Crippen LogP) is 3.89. The quantitative estimate of drug-likeness (QED) is 0.606. The lowest BCUT2D eigenvalue weighted by Gasteiger charge is -2.27. The summed E-state index contributed by atoms with van der Waals surface area (Å²) >= 11 is 7.55. The zero-order valence-corrected chi connectivity index (χ0v) is 17.1. The van der Waals surface area contributed by atoms with Crippen LogP contribution in [0.1, 0.15) is 22.5 Å². The Morgan fingerprint density at radius 3 is 2.82 bits per heavy atom. The van der Waals surface area contributed by atoms with Crippen LogP contribution < -0.4 is 0 Å². The summed E-state index contributed by atoms with van der Waals surface area (Å²) in [7, 11) is -3.15. The van der Waals surface area contributed by atoms with Crippen molar-refractivity contribution in [3.63, 3.8) is 0 Å². The number of benzene rings is 1. The second-order valence-electron chi connectivity index (χ2n) is 6.67. The molecule has 0 bridgehead atoms. The zero-order valence-electron chi connectivity index (χ0n) is 14.7. The van der Waals surface area contributed by atoms with Gasteiger partial charge in [0.05, 0.1) is 16.4 Å². The van der Waals surface area contributed by atoms with E-state index in [1.165, 1.54) is 11.3 Å². The molecule has 1 aliphatic heterocycles. The first-order chi connectivity index (χ1) is 13.4. The van der Waals surface area contributed by atoms with Gasteiger partial charge in [0.15, 0.2) is 21.3 Å². The Kier molecular flexibility index (Phi) is 5.27. The smallest absolute Gasteiger partial charge is 0.276 e. The molecule has 6 nitrogen and oxygen atoms in total. The van der Waals surface area contributed by atoms with Gasteiger partial charge in [-0.1, -0.05) is 35.0 Å². The van der Waals surface area contributed by atoms with E-state index in [1.54, 1.807) is 29.2 Å². The van der Waals surface area contributed by atoms with Crippen molar-refractivity contribution < 1.29 is 17.7 Å². The maximum Gasteiger partial charge on any atom is 0.276 e. The summed E-state index contributed by atoms with van der Waals surface area (Å²) in [5, 5.41) is 6.40. The van der Waals surface area contributed by atoms with Gasteiger partial charge in [-0.2, -0.15) is 0 Å². The minimum absolute atomic E-state index is 0.0467. The molecule has 0 saturated carbocycles. The van der Waals surface area contributed by atoms with Gasteiger partial charge in [-0.15, -0.1) is 11.3 Å². The molecule has 0 radical (unpaired) electrons. The van der Waals surface area contributed by atoms with Crippen LogP contribution in [0.25, 0.3) is 10.6 Å². The number of rotatable bonds is 5. The number of amides is 1. The maximum absolute atomic E-state index is 13.2. The van der Waals surface area contributed by atoms with Crippen molar-refractivity contribution in [2.75, 3.05) is 11.5 Å². The number of nitrogens with zero attached hydrogens (tertiary/aromatic N) is 2. The Balaban J connectivity index is 1.63. The van der Waals surface area contributed by atoms with Crippen LogP contribution in [0.4, 0.5) is 0 Å². The van der Waals surface area contributed by atoms with Crippen LogP contribution in [0, 0.1) is 0 Å². The lowest BCUT2D eigenvalue weighted by molar-refractivity contribution is 0.0670. The largest absolute Gasteiger partial charge is 0.355 e. The van der Waals surface area contributed by atoms with Crippen LogP contribution >= 0.6 is 22.9 Å². The van der Waals surface area contributed by atoms with E-state index in [1.807, 2.05) is 23.6 Å².